The standard InChI is InChI=1S/C18H24N4OSi/c1-14-16-10-17(15-6-5-7-19-11-15)20-12-18(16)21-22(14)13-23-8-9-24(2,3)4/h5-7,10-12H,8-9,13H2,1-4H3. The number of rotatable bonds is 6. The van der Waals surface area contributed by atoms with Gasteiger partial charge in [0.05, 0.1) is 11.9 Å². The van der Waals surface area contributed by atoms with Crippen molar-refractivity contribution in [3.63, 3.8) is 0 Å². The number of aromatic nitrogens is 4. The van der Waals surface area contributed by atoms with Gasteiger partial charge >= 0.3 is 0 Å². The third-order valence-electron chi connectivity index (χ3n) is 4.06. The van der Waals surface area contributed by atoms with Crippen LogP contribution in [0, 0.1) is 6.92 Å². The van der Waals surface area contributed by atoms with Gasteiger partial charge in [-0.1, -0.05) is 19.6 Å². The van der Waals surface area contributed by atoms with E-state index in [0.29, 0.717) is 6.73 Å². The van der Waals surface area contributed by atoms with Crippen LogP contribution >= 0.6 is 0 Å². The zero-order chi connectivity index (χ0) is 17.2. The molecule has 5 nitrogen and oxygen atoms in total. The largest absolute Gasteiger partial charge is 0.360 e. The van der Waals surface area contributed by atoms with Crippen molar-refractivity contribution in [2.45, 2.75) is 39.3 Å². The van der Waals surface area contributed by atoms with Crippen molar-refractivity contribution in [2.75, 3.05) is 6.61 Å². The first-order valence-corrected chi connectivity index (χ1v) is 12.0. The highest BCUT2D eigenvalue weighted by Crippen LogP contribution is 2.23. The molecule has 24 heavy (non-hydrogen) atoms. The average Bonchev–Trinajstić information content (AvgIpc) is 2.87. The van der Waals surface area contributed by atoms with E-state index in [1.807, 2.05) is 29.2 Å². The van der Waals surface area contributed by atoms with Gasteiger partial charge in [-0.05, 0) is 31.2 Å². The topological polar surface area (TPSA) is 52.8 Å². The van der Waals surface area contributed by atoms with E-state index in [1.54, 1.807) is 6.20 Å². The maximum absolute atomic E-state index is 5.83. The summed E-state index contributed by atoms with van der Waals surface area (Å²) in [6, 6.07) is 7.18. The van der Waals surface area contributed by atoms with Gasteiger partial charge in [0.15, 0.2) is 0 Å². The number of aryl methyl sites for hydroxylation is 1. The lowest BCUT2D eigenvalue weighted by Crippen LogP contribution is -2.22. The molecular formula is C18H24N4OSi. The number of ether oxygens (including phenoxy) is 1. The second-order valence-electron chi connectivity index (χ2n) is 7.26. The van der Waals surface area contributed by atoms with E-state index in [9.17, 15) is 0 Å². The highest BCUT2D eigenvalue weighted by molar-refractivity contribution is 6.76. The smallest absolute Gasteiger partial charge is 0.139 e. The van der Waals surface area contributed by atoms with E-state index in [2.05, 4.69) is 47.7 Å². The fourth-order valence-electron chi connectivity index (χ4n) is 2.49. The number of hydrogen-bond donors (Lipinski definition) is 0. The van der Waals surface area contributed by atoms with E-state index in [-0.39, 0.29) is 0 Å². The summed E-state index contributed by atoms with van der Waals surface area (Å²) in [5.41, 5.74) is 3.93. The Kier molecular flexibility index (Phi) is 4.77. The van der Waals surface area contributed by atoms with Gasteiger partial charge in [0.2, 0.25) is 0 Å². The zero-order valence-corrected chi connectivity index (χ0v) is 15.8. The van der Waals surface area contributed by atoms with Crippen molar-refractivity contribution in [1.82, 2.24) is 19.7 Å². The van der Waals surface area contributed by atoms with Gasteiger partial charge in [0, 0.05) is 43.7 Å². The fourth-order valence-corrected chi connectivity index (χ4v) is 3.25. The van der Waals surface area contributed by atoms with Gasteiger partial charge in [0.1, 0.15) is 12.2 Å². The van der Waals surface area contributed by atoms with Crippen molar-refractivity contribution >= 4 is 19.0 Å². The molecular weight excluding hydrogens is 316 g/mol. The minimum absolute atomic E-state index is 0.493. The Morgan fingerprint density at radius 1 is 1.21 bits per heavy atom. The summed E-state index contributed by atoms with van der Waals surface area (Å²) in [5, 5.41) is 5.71. The van der Waals surface area contributed by atoms with Gasteiger partial charge in [-0.25, -0.2) is 4.68 Å². The van der Waals surface area contributed by atoms with Gasteiger partial charge in [-0.2, -0.15) is 5.10 Å². The molecule has 0 atom stereocenters. The Morgan fingerprint density at radius 3 is 2.75 bits per heavy atom. The Bertz CT molecular complexity index is 824. The Hall–Kier alpha value is -2.05. The van der Waals surface area contributed by atoms with Crippen LogP contribution in [0.15, 0.2) is 36.8 Å². The average molecular weight is 341 g/mol. The molecule has 3 heterocycles. The third-order valence-corrected chi connectivity index (χ3v) is 5.76. The summed E-state index contributed by atoms with van der Waals surface area (Å²) in [7, 11) is -1.06. The van der Waals surface area contributed by atoms with Gasteiger partial charge in [0.25, 0.3) is 0 Å². The number of nitrogens with zero attached hydrogens (tertiary/aromatic N) is 4. The molecule has 0 N–H and O–H groups in total. The lowest BCUT2D eigenvalue weighted by Gasteiger charge is -2.15. The van der Waals surface area contributed by atoms with Crippen LogP contribution in [0.1, 0.15) is 5.69 Å². The molecule has 0 amide bonds. The predicted molar refractivity (Wildman–Crippen MR) is 99.6 cm³/mol. The van der Waals surface area contributed by atoms with E-state index >= 15 is 0 Å². The first-order chi connectivity index (χ1) is 11.4. The summed E-state index contributed by atoms with van der Waals surface area (Å²) in [6.07, 6.45) is 5.42. The SMILES string of the molecule is Cc1c2cc(-c3cccnc3)ncc2nn1COCC[Si](C)(C)C. The summed E-state index contributed by atoms with van der Waals surface area (Å²) < 4.78 is 7.75. The summed E-state index contributed by atoms with van der Waals surface area (Å²) >= 11 is 0. The van der Waals surface area contributed by atoms with Crippen LogP contribution in [-0.4, -0.2) is 34.4 Å². The monoisotopic (exact) mass is 340 g/mol. The molecule has 0 saturated carbocycles. The molecule has 0 aliphatic heterocycles. The highest BCUT2D eigenvalue weighted by atomic mass is 28.3. The van der Waals surface area contributed by atoms with Gasteiger partial charge in [-0.3, -0.25) is 9.97 Å². The molecule has 126 valence electrons. The molecule has 3 aromatic heterocycles. The zero-order valence-electron chi connectivity index (χ0n) is 14.8. The van der Waals surface area contributed by atoms with Crippen molar-refractivity contribution in [3.8, 4) is 11.3 Å². The summed E-state index contributed by atoms with van der Waals surface area (Å²) in [6.45, 7) is 10.4. The number of pyridine rings is 2. The molecule has 0 aliphatic rings. The second kappa shape index (κ2) is 6.82. The van der Waals surface area contributed by atoms with Gasteiger partial charge in [-0.15, -0.1) is 0 Å². The minimum Gasteiger partial charge on any atom is -0.360 e. The molecule has 0 unspecified atom stereocenters. The van der Waals surface area contributed by atoms with Crippen LogP contribution in [0.3, 0.4) is 0 Å². The van der Waals surface area contributed by atoms with E-state index in [4.69, 9.17) is 4.74 Å². The first kappa shape index (κ1) is 16.8. The van der Waals surface area contributed by atoms with Crippen LogP contribution in [-0.2, 0) is 11.5 Å². The van der Waals surface area contributed by atoms with Gasteiger partial charge < -0.3 is 4.74 Å². The van der Waals surface area contributed by atoms with E-state index < -0.39 is 8.07 Å². The molecule has 0 bridgehead atoms. The molecule has 0 radical (unpaired) electrons. The van der Waals surface area contributed by atoms with Crippen LogP contribution in [0.2, 0.25) is 25.7 Å². The van der Waals surface area contributed by atoms with Crippen LogP contribution in [0.4, 0.5) is 0 Å². The maximum Gasteiger partial charge on any atom is 0.139 e. The molecule has 0 saturated heterocycles. The Morgan fingerprint density at radius 2 is 2.04 bits per heavy atom. The Labute approximate surface area is 143 Å². The molecule has 0 aromatic carbocycles. The quantitative estimate of drug-likeness (QED) is 0.500. The second-order valence-corrected chi connectivity index (χ2v) is 12.9. The van der Waals surface area contributed by atoms with Crippen LogP contribution in [0.25, 0.3) is 22.2 Å². The van der Waals surface area contributed by atoms with Crippen molar-refractivity contribution < 1.29 is 4.74 Å². The molecule has 3 rings (SSSR count). The number of fused-ring (bicyclic) bond motifs is 1. The van der Waals surface area contributed by atoms with E-state index in [1.165, 1.54) is 6.04 Å². The summed E-state index contributed by atoms with van der Waals surface area (Å²) in [4.78, 5) is 8.67. The highest BCUT2D eigenvalue weighted by Gasteiger charge is 2.13. The fraction of sp³-hybridized carbons (Fsp3) is 0.389. The molecule has 0 aliphatic carbocycles. The van der Waals surface area contributed by atoms with Crippen molar-refractivity contribution in [2.24, 2.45) is 0 Å². The third kappa shape index (κ3) is 3.88. The number of hydrogen-bond acceptors (Lipinski definition) is 4. The molecule has 3 aromatic rings. The Balaban J connectivity index is 1.78. The lowest BCUT2D eigenvalue weighted by atomic mass is 10.1. The minimum atomic E-state index is -1.06. The normalized spacial score (nSPS) is 12.0. The van der Waals surface area contributed by atoms with Crippen molar-refractivity contribution in [3.05, 3.63) is 42.5 Å². The van der Waals surface area contributed by atoms with Crippen LogP contribution < -0.4 is 0 Å². The predicted octanol–water partition coefficient (Wildman–Crippen LogP) is 4.11. The summed E-state index contributed by atoms with van der Waals surface area (Å²) in [5.74, 6) is 0. The molecule has 0 spiro atoms. The lowest BCUT2D eigenvalue weighted by molar-refractivity contribution is 0.0777. The van der Waals surface area contributed by atoms with E-state index in [0.717, 1.165) is 34.5 Å². The van der Waals surface area contributed by atoms with Crippen molar-refractivity contribution in [1.29, 1.82) is 0 Å². The van der Waals surface area contributed by atoms with Crippen LogP contribution in [0.5, 0.6) is 0 Å². The molecule has 0 fully saturated rings. The maximum atomic E-state index is 5.83. The first-order valence-electron chi connectivity index (χ1n) is 8.25. The molecule has 6 heteroatoms.